The van der Waals surface area contributed by atoms with E-state index in [0.717, 1.165) is 25.7 Å². The van der Waals surface area contributed by atoms with Crippen LogP contribution >= 0.6 is 0 Å². The largest absolute Gasteiger partial charge is 0.393 e. The standard InChI is InChI=1S/C27H40O2/c1-6-17(2)7-8-18(3)21-9-10-22-25-23(12-14-27(21,22)5)26(4)13-11-20(28)15-19(26)16-24(25)29/h7-8,16-18,20-22,28H,6,9-15H2,1-5H3/b8-7+/t17?,18-,20+,21?,22?,26+,27-/m1/s1. The molecule has 0 spiro atoms. The molecule has 0 aromatic heterocycles. The van der Waals surface area contributed by atoms with Gasteiger partial charge in [0.1, 0.15) is 0 Å². The number of aliphatic hydroxyl groups is 1. The normalized spacial score (nSPS) is 41.7. The Hall–Kier alpha value is -1.15. The molecule has 29 heavy (non-hydrogen) atoms. The summed E-state index contributed by atoms with van der Waals surface area (Å²) in [5, 5.41) is 10.2. The average molecular weight is 397 g/mol. The molecule has 0 saturated heterocycles. The molecule has 2 fully saturated rings. The molecule has 160 valence electrons. The molecule has 7 atom stereocenters. The summed E-state index contributed by atoms with van der Waals surface area (Å²) in [4.78, 5) is 13.3. The second-order valence-corrected chi connectivity index (χ2v) is 11.0. The third kappa shape index (κ3) is 3.30. The first-order chi connectivity index (χ1) is 13.7. The zero-order valence-electron chi connectivity index (χ0n) is 19.1. The Morgan fingerprint density at radius 1 is 1.17 bits per heavy atom. The van der Waals surface area contributed by atoms with Gasteiger partial charge in [0.25, 0.3) is 0 Å². The van der Waals surface area contributed by atoms with Gasteiger partial charge in [-0.25, -0.2) is 0 Å². The van der Waals surface area contributed by atoms with Gasteiger partial charge in [0.05, 0.1) is 6.10 Å². The van der Waals surface area contributed by atoms with E-state index in [4.69, 9.17) is 0 Å². The molecule has 0 aromatic rings. The van der Waals surface area contributed by atoms with Crippen molar-refractivity contribution in [1.82, 2.24) is 0 Å². The van der Waals surface area contributed by atoms with Crippen molar-refractivity contribution < 1.29 is 9.90 Å². The van der Waals surface area contributed by atoms with E-state index in [1.54, 1.807) is 0 Å². The predicted molar refractivity (Wildman–Crippen MR) is 119 cm³/mol. The van der Waals surface area contributed by atoms with E-state index in [1.807, 2.05) is 6.08 Å². The van der Waals surface area contributed by atoms with Crippen LogP contribution in [0.4, 0.5) is 0 Å². The Morgan fingerprint density at radius 3 is 2.66 bits per heavy atom. The summed E-state index contributed by atoms with van der Waals surface area (Å²) >= 11 is 0. The number of rotatable bonds is 4. The van der Waals surface area contributed by atoms with E-state index in [9.17, 15) is 9.90 Å². The summed E-state index contributed by atoms with van der Waals surface area (Å²) < 4.78 is 0. The fourth-order valence-corrected chi connectivity index (χ4v) is 7.23. The quantitative estimate of drug-likeness (QED) is 0.558. The highest BCUT2D eigenvalue weighted by molar-refractivity contribution is 6.07. The van der Waals surface area contributed by atoms with E-state index in [2.05, 4.69) is 46.8 Å². The van der Waals surface area contributed by atoms with Crippen LogP contribution in [0.25, 0.3) is 0 Å². The van der Waals surface area contributed by atoms with Crippen LogP contribution in [-0.4, -0.2) is 17.0 Å². The number of carbonyl (C=O) groups excluding carboxylic acids is 1. The van der Waals surface area contributed by atoms with Crippen molar-refractivity contribution in [1.29, 1.82) is 0 Å². The first-order valence-corrected chi connectivity index (χ1v) is 12.1. The van der Waals surface area contributed by atoms with E-state index in [0.29, 0.717) is 30.1 Å². The number of allylic oxidation sites excluding steroid dienone is 5. The third-order valence-electron chi connectivity index (χ3n) is 9.40. The van der Waals surface area contributed by atoms with Crippen molar-refractivity contribution in [2.24, 2.45) is 34.5 Å². The minimum Gasteiger partial charge on any atom is -0.393 e. The van der Waals surface area contributed by atoms with Gasteiger partial charge < -0.3 is 5.11 Å². The van der Waals surface area contributed by atoms with Crippen molar-refractivity contribution in [3.05, 3.63) is 34.9 Å². The summed E-state index contributed by atoms with van der Waals surface area (Å²) in [6.07, 6.45) is 14.9. The highest BCUT2D eigenvalue weighted by Crippen LogP contribution is 2.64. The van der Waals surface area contributed by atoms with Gasteiger partial charge in [-0.05, 0) is 80.1 Å². The molecule has 2 heteroatoms. The summed E-state index contributed by atoms with van der Waals surface area (Å²) in [7, 11) is 0. The Labute approximate surface area is 177 Å². The van der Waals surface area contributed by atoms with Crippen molar-refractivity contribution in [3.8, 4) is 0 Å². The van der Waals surface area contributed by atoms with Crippen molar-refractivity contribution in [2.75, 3.05) is 0 Å². The average Bonchev–Trinajstić information content (AvgIpc) is 3.04. The maximum Gasteiger partial charge on any atom is 0.182 e. The Balaban J connectivity index is 1.64. The van der Waals surface area contributed by atoms with Crippen LogP contribution in [0.5, 0.6) is 0 Å². The van der Waals surface area contributed by atoms with Crippen LogP contribution in [0.2, 0.25) is 0 Å². The van der Waals surface area contributed by atoms with Gasteiger partial charge in [0, 0.05) is 11.0 Å². The van der Waals surface area contributed by atoms with Crippen LogP contribution in [-0.2, 0) is 4.79 Å². The monoisotopic (exact) mass is 396 g/mol. The lowest BCUT2D eigenvalue weighted by Crippen LogP contribution is -2.44. The molecule has 0 aromatic carbocycles. The summed E-state index contributed by atoms with van der Waals surface area (Å²) in [6, 6.07) is 0. The highest BCUT2D eigenvalue weighted by atomic mass is 16.3. The number of hydrogen-bond donors (Lipinski definition) is 1. The van der Waals surface area contributed by atoms with Gasteiger partial charge in [-0.3, -0.25) is 4.79 Å². The molecule has 0 bridgehead atoms. The zero-order valence-corrected chi connectivity index (χ0v) is 19.1. The van der Waals surface area contributed by atoms with Gasteiger partial charge in [-0.2, -0.15) is 0 Å². The summed E-state index contributed by atoms with van der Waals surface area (Å²) in [5.74, 6) is 2.58. The third-order valence-corrected chi connectivity index (χ3v) is 9.40. The molecule has 0 heterocycles. The van der Waals surface area contributed by atoms with Crippen LogP contribution in [0.3, 0.4) is 0 Å². The van der Waals surface area contributed by atoms with Crippen molar-refractivity contribution in [3.63, 3.8) is 0 Å². The molecule has 4 aliphatic carbocycles. The molecule has 1 N–H and O–H groups in total. The smallest absolute Gasteiger partial charge is 0.182 e. The molecule has 4 rings (SSSR count). The zero-order chi connectivity index (χ0) is 21.0. The molecular formula is C27H40O2. The molecule has 0 aliphatic heterocycles. The molecular weight excluding hydrogens is 356 g/mol. The van der Waals surface area contributed by atoms with E-state index < -0.39 is 0 Å². The second-order valence-electron chi connectivity index (χ2n) is 11.0. The fraction of sp³-hybridized carbons (Fsp3) is 0.741. The van der Waals surface area contributed by atoms with Crippen molar-refractivity contribution >= 4 is 5.78 Å². The number of hydrogen-bond acceptors (Lipinski definition) is 2. The fourth-order valence-electron chi connectivity index (χ4n) is 7.23. The van der Waals surface area contributed by atoms with Gasteiger partial charge >= 0.3 is 0 Å². The number of ketones is 1. The maximum absolute atomic E-state index is 13.3. The van der Waals surface area contributed by atoms with E-state index in [-0.39, 0.29) is 22.7 Å². The SMILES string of the molecule is CCC(C)/C=C/[C@@H](C)C1CCC2C3=C(CC[C@@]21C)[C@@]1(C)CC[C@H](O)CC1=CC3=O. The molecule has 3 unspecified atom stereocenters. The van der Waals surface area contributed by atoms with E-state index in [1.165, 1.54) is 36.0 Å². The topological polar surface area (TPSA) is 37.3 Å². The van der Waals surface area contributed by atoms with Gasteiger partial charge in [-0.1, -0.05) is 64.3 Å². The van der Waals surface area contributed by atoms with Crippen LogP contribution in [0.1, 0.15) is 86.0 Å². The molecule has 2 nitrogen and oxygen atoms in total. The number of carbonyl (C=O) groups is 1. The molecule has 2 saturated carbocycles. The lowest BCUT2D eigenvalue weighted by atomic mass is 9.53. The first-order valence-electron chi connectivity index (χ1n) is 12.1. The van der Waals surface area contributed by atoms with Crippen LogP contribution < -0.4 is 0 Å². The minimum atomic E-state index is -0.271. The van der Waals surface area contributed by atoms with E-state index >= 15 is 0 Å². The summed E-state index contributed by atoms with van der Waals surface area (Å²) in [6.45, 7) is 11.8. The Morgan fingerprint density at radius 2 is 1.93 bits per heavy atom. The number of fused-ring (bicyclic) bond motifs is 4. The lowest BCUT2D eigenvalue weighted by molar-refractivity contribution is -0.113. The number of aliphatic hydroxyl groups excluding tert-OH is 1. The second kappa shape index (κ2) is 7.52. The predicted octanol–water partition coefficient (Wildman–Crippen LogP) is 6.41. The molecule has 0 radical (unpaired) electrons. The molecule has 4 aliphatic rings. The minimum absolute atomic E-state index is 0.0178. The van der Waals surface area contributed by atoms with Crippen molar-refractivity contribution in [2.45, 2.75) is 92.1 Å². The maximum atomic E-state index is 13.3. The van der Waals surface area contributed by atoms with Gasteiger partial charge in [0.2, 0.25) is 0 Å². The van der Waals surface area contributed by atoms with Crippen LogP contribution in [0.15, 0.2) is 34.9 Å². The summed E-state index contributed by atoms with van der Waals surface area (Å²) in [5.41, 5.74) is 4.08. The first kappa shape index (κ1) is 21.1. The Bertz CT molecular complexity index is 771. The Kier molecular flexibility index (Phi) is 5.47. The van der Waals surface area contributed by atoms with Gasteiger partial charge in [0.15, 0.2) is 5.78 Å². The lowest BCUT2D eigenvalue weighted by Gasteiger charge is -2.51. The van der Waals surface area contributed by atoms with Gasteiger partial charge in [-0.15, -0.1) is 0 Å². The highest BCUT2D eigenvalue weighted by Gasteiger charge is 2.56. The molecule has 0 amide bonds. The van der Waals surface area contributed by atoms with Crippen LogP contribution in [0, 0.1) is 34.5 Å².